The van der Waals surface area contributed by atoms with E-state index in [2.05, 4.69) is 6.58 Å². The smallest absolute Gasteiger partial charge is 0.227 e. The minimum absolute atomic E-state index is 0.000965. The van der Waals surface area contributed by atoms with Gasteiger partial charge in [-0.05, 0) is 18.9 Å². The number of carbonyl (C=O) groups is 1. The van der Waals surface area contributed by atoms with E-state index in [0.717, 1.165) is 12.8 Å². The lowest BCUT2D eigenvalue weighted by Gasteiger charge is -2.39. The van der Waals surface area contributed by atoms with Crippen LogP contribution in [-0.4, -0.2) is 55.9 Å². The summed E-state index contributed by atoms with van der Waals surface area (Å²) in [7, 11) is 1.48. The Hall–Kier alpha value is -1.92. The first-order valence-corrected chi connectivity index (χ1v) is 8.60. The van der Waals surface area contributed by atoms with E-state index in [0.29, 0.717) is 31.1 Å². The van der Waals surface area contributed by atoms with Gasteiger partial charge < -0.3 is 19.1 Å². The summed E-state index contributed by atoms with van der Waals surface area (Å²) in [6, 6.07) is 4.29. The normalized spacial score (nSPS) is 25.5. The molecule has 3 atom stereocenters. The Morgan fingerprint density at radius 1 is 1.48 bits per heavy atom. The topological polar surface area (TPSA) is 48.0 Å². The molecule has 1 amide bonds. The van der Waals surface area contributed by atoms with E-state index >= 15 is 0 Å². The molecule has 0 bridgehead atoms. The summed E-state index contributed by atoms with van der Waals surface area (Å²) in [5, 5.41) is 0. The number of benzene rings is 1. The Morgan fingerprint density at radius 3 is 3.08 bits per heavy atom. The van der Waals surface area contributed by atoms with Crippen molar-refractivity contribution in [1.29, 1.82) is 0 Å². The van der Waals surface area contributed by atoms with Gasteiger partial charge in [-0.3, -0.25) is 4.79 Å². The molecule has 0 radical (unpaired) electrons. The highest BCUT2D eigenvalue weighted by molar-refractivity contribution is 5.80. The summed E-state index contributed by atoms with van der Waals surface area (Å²) in [5.74, 6) is 0.0295. The number of ether oxygens (including phenoxy) is 3. The minimum Gasteiger partial charge on any atom is -0.496 e. The van der Waals surface area contributed by atoms with Gasteiger partial charge in [-0.25, -0.2) is 4.39 Å². The van der Waals surface area contributed by atoms with Gasteiger partial charge in [-0.1, -0.05) is 12.1 Å². The van der Waals surface area contributed by atoms with Crippen LogP contribution in [0.5, 0.6) is 5.75 Å². The van der Waals surface area contributed by atoms with Gasteiger partial charge in [-0.15, -0.1) is 6.58 Å². The van der Waals surface area contributed by atoms with Crippen molar-refractivity contribution in [3.05, 3.63) is 42.2 Å². The molecule has 1 saturated heterocycles. The highest BCUT2D eigenvalue weighted by atomic mass is 19.1. The third-order valence-corrected chi connectivity index (χ3v) is 4.87. The molecule has 0 aromatic heterocycles. The van der Waals surface area contributed by atoms with Gasteiger partial charge in [0.2, 0.25) is 5.91 Å². The Labute approximate surface area is 147 Å². The largest absolute Gasteiger partial charge is 0.496 e. The van der Waals surface area contributed by atoms with Gasteiger partial charge in [0, 0.05) is 18.2 Å². The lowest BCUT2D eigenvalue weighted by Crippen LogP contribution is -2.54. The molecule has 136 valence electrons. The van der Waals surface area contributed by atoms with Gasteiger partial charge in [-0.2, -0.15) is 0 Å². The lowest BCUT2D eigenvalue weighted by molar-refractivity contribution is -0.150. The average Bonchev–Trinajstić information content (AvgIpc) is 3.04. The fraction of sp³-hybridized carbons (Fsp3) is 0.526. The van der Waals surface area contributed by atoms with E-state index in [-0.39, 0.29) is 36.4 Å². The molecule has 2 aliphatic rings. The number of amides is 1. The Morgan fingerprint density at radius 2 is 2.32 bits per heavy atom. The Kier molecular flexibility index (Phi) is 5.71. The number of methoxy groups -OCH3 is 1. The third kappa shape index (κ3) is 3.85. The van der Waals surface area contributed by atoms with Crippen molar-refractivity contribution in [3.8, 4) is 5.75 Å². The van der Waals surface area contributed by atoms with Crippen LogP contribution in [0.3, 0.4) is 0 Å². The zero-order valence-electron chi connectivity index (χ0n) is 14.4. The van der Waals surface area contributed by atoms with Crippen LogP contribution >= 0.6 is 0 Å². The maximum atomic E-state index is 13.3. The van der Waals surface area contributed by atoms with Crippen LogP contribution in [0.1, 0.15) is 18.4 Å². The Bertz CT molecular complexity index is 636. The zero-order valence-corrected chi connectivity index (χ0v) is 14.4. The lowest BCUT2D eigenvalue weighted by atomic mass is 10.1. The first-order chi connectivity index (χ1) is 12.1. The van der Waals surface area contributed by atoms with Gasteiger partial charge in [0.25, 0.3) is 0 Å². The van der Waals surface area contributed by atoms with Crippen LogP contribution < -0.4 is 4.74 Å². The number of fused-ring (bicyclic) bond motifs is 1. The molecule has 1 saturated carbocycles. The summed E-state index contributed by atoms with van der Waals surface area (Å²) < 4.78 is 30.2. The quantitative estimate of drug-likeness (QED) is 0.740. The number of hydrogen-bond acceptors (Lipinski definition) is 4. The highest BCUT2D eigenvalue weighted by Gasteiger charge is 2.44. The summed E-state index contributed by atoms with van der Waals surface area (Å²) >= 11 is 0. The molecule has 1 aliphatic heterocycles. The summed E-state index contributed by atoms with van der Waals surface area (Å²) in [6.07, 6.45) is 3.54. The number of rotatable bonds is 6. The molecule has 25 heavy (non-hydrogen) atoms. The van der Waals surface area contributed by atoms with Crippen molar-refractivity contribution in [1.82, 2.24) is 4.90 Å². The van der Waals surface area contributed by atoms with Gasteiger partial charge in [0.1, 0.15) is 17.7 Å². The molecule has 3 rings (SSSR count). The molecular weight excluding hydrogens is 325 g/mol. The third-order valence-electron chi connectivity index (χ3n) is 4.87. The summed E-state index contributed by atoms with van der Waals surface area (Å²) in [4.78, 5) is 14.7. The molecule has 1 aliphatic carbocycles. The van der Waals surface area contributed by atoms with Crippen LogP contribution in [0.25, 0.3) is 0 Å². The minimum atomic E-state index is -0.377. The van der Waals surface area contributed by atoms with E-state index < -0.39 is 0 Å². The molecule has 1 aromatic rings. The standard InChI is InChI=1S/C19H24FNO4/c1-3-9-24-16-7-6-15-19(16)25-10-8-21(15)18(22)11-13-4-5-14(20)12-17(13)23-2/h3-5,12,15-16,19H,1,6-11H2,2H3/t15-,16-,19+/m1/s1. The second kappa shape index (κ2) is 7.97. The number of halogens is 1. The second-order valence-electron chi connectivity index (χ2n) is 6.36. The van der Waals surface area contributed by atoms with Crippen LogP contribution in [0, 0.1) is 5.82 Å². The van der Waals surface area contributed by atoms with Crippen LogP contribution in [0.2, 0.25) is 0 Å². The first kappa shape index (κ1) is 17.9. The predicted octanol–water partition coefficient (Wildman–Crippen LogP) is 2.34. The fourth-order valence-corrected chi connectivity index (χ4v) is 3.72. The van der Waals surface area contributed by atoms with Crippen molar-refractivity contribution >= 4 is 5.91 Å². The van der Waals surface area contributed by atoms with Crippen molar-refractivity contribution in [2.75, 3.05) is 26.9 Å². The molecule has 6 heteroatoms. The number of nitrogens with zero attached hydrogens (tertiary/aromatic N) is 1. The molecule has 1 heterocycles. The van der Waals surface area contributed by atoms with Crippen molar-refractivity contribution in [2.24, 2.45) is 0 Å². The van der Waals surface area contributed by atoms with Gasteiger partial charge >= 0.3 is 0 Å². The summed E-state index contributed by atoms with van der Waals surface area (Å²) in [5.41, 5.74) is 0.689. The van der Waals surface area contributed by atoms with Crippen molar-refractivity contribution in [3.63, 3.8) is 0 Å². The molecule has 1 aromatic carbocycles. The number of hydrogen-bond donors (Lipinski definition) is 0. The van der Waals surface area contributed by atoms with E-state index in [9.17, 15) is 9.18 Å². The average molecular weight is 349 g/mol. The monoisotopic (exact) mass is 349 g/mol. The SMILES string of the molecule is C=CCO[C@@H]1CC[C@@H]2[C@@H]1OCCN2C(=O)Cc1ccc(F)cc1OC. The maximum absolute atomic E-state index is 13.3. The predicted molar refractivity (Wildman–Crippen MR) is 91.1 cm³/mol. The van der Waals surface area contributed by atoms with Gasteiger partial charge in [0.05, 0.1) is 38.9 Å². The van der Waals surface area contributed by atoms with E-state index in [1.807, 2.05) is 4.90 Å². The highest BCUT2D eigenvalue weighted by Crippen LogP contribution is 2.33. The zero-order chi connectivity index (χ0) is 17.8. The molecule has 2 fully saturated rings. The maximum Gasteiger partial charge on any atom is 0.227 e. The number of morpholine rings is 1. The van der Waals surface area contributed by atoms with Crippen molar-refractivity contribution < 1.29 is 23.4 Å². The second-order valence-corrected chi connectivity index (χ2v) is 6.36. The van der Waals surface area contributed by atoms with Crippen LogP contribution in [0.15, 0.2) is 30.9 Å². The molecular formula is C19H24FNO4. The van der Waals surface area contributed by atoms with E-state index in [4.69, 9.17) is 14.2 Å². The van der Waals surface area contributed by atoms with E-state index in [1.54, 1.807) is 12.1 Å². The van der Waals surface area contributed by atoms with E-state index in [1.165, 1.54) is 19.2 Å². The first-order valence-electron chi connectivity index (χ1n) is 8.60. The van der Waals surface area contributed by atoms with Gasteiger partial charge in [0.15, 0.2) is 0 Å². The molecule has 5 nitrogen and oxygen atoms in total. The molecule has 0 spiro atoms. The fourth-order valence-electron chi connectivity index (χ4n) is 3.72. The number of carbonyl (C=O) groups excluding carboxylic acids is 1. The summed E-state index contributed by atoms with van der Waals surface area (Å²) in [6.45, 7) is 5.22. The van der Waals surface area contributed by atoms with Crippen LogP contribution in [0.4, 0.5) is 4.39 Å². The molecule has 0 unspecified atom stereocenters. The Balaban J connectivity index is 1.69. The molecule has 0 N–H and O–H groups in total. The van der Waals surface area contributed by atoms with Crippen LogP contribution in [-0.2, 0) is 20.7 Å². The van der Waals surface area contributed by atoms with Crippen molar-refractivity contribution in [2.45, 2.75) is 37.5 Å².